The minimum Gasteiger partial charge on any atom is -0.417 e. The number of aryl methyl sites for hydroxylation is 3. The van der Waals surface area contributed by atoms with Gasteiger partial charge in [0.2, 0.25) is 0 Å². The van der Waals surface area contributed by atoms with Gasteiger partial charge < -0.3 is 4.43 Å². The molecule has 3 nitrogen and oxygen atoms in total. The quantitative estimate of drug-likeness (QED) is 0.578. The molecule has 19 heavy (non-hydrogen) atoms. The number of hydrogen-bond acceptors (Lipinski definition) is 2. The van der Waals surface area contributed by atoms with Crippen molar-refractivity contribution in [3.63, 3.8) is 0 Å². The third-order valence-electron chi connectivity index (χ3n) is 4.18. The van der Waals surface area contributed by atoms with Crippen LogP contribution in [0.1, 0.15) is 45.5 Å². The zero-order valence-electron chi connectivity index (χ0n) is 13.7. The number of hydrogen-bond donors (Lipinski definition) is 0. The minimum atomic E-state index is -1.59. The monoisotopic (exact) mass is 282 g/mol. The van der Waals surface area contributed by atoms with Crippen molar-refractivity contribution in [2.45, 2.75) is 72.1 Å². The molecule has 0 atom stereocenters. The van der Waals surface area contributed by atoms with E-state index in [2.05, 4.69) is 63.6 Å². The zero-order chi connectivity index (χ0) is 14.7. The van der Waals surface area contributed by atoms with Crippen molar-refractivity contribution in [2.75, 3.05) is 6.61 Å². The van der Waals surface area contributed by atoms with Crippen molar-refractivity contribution in [3.8, 4) is 0 Å². The molecule has 110 valence electrons. The van der Waals surface area contributed by atoms with E-state index < -0.39 is 8.32 Å². The molecule has 0 aliphatic carbocycles. The largest absolute Gasteiger partial charge is 0.417 e. The SMILES string of the molecule is CCc1cc(C)n(CCCO[Si](C)(C)C(C)(C)C)n1. The summed E-state index contributed by atoms with van der Waals surface area (Å²) in [6, 6.07) is 2.18. The van der Waals surface area contributed by atoms with Crippen LogP contribution in [0.3, 0.4) is 0 Å². The molecular weight excluding hydrogens is 252 g/mol. The summed E-state index contributed by atoms with van der Waals surface area (Å²) >= 11 is 0. The lowest BCUT2D eigenvalue weighted by molar-refractivity contribution is 0.272. The van der Waals surface area contributed by atoms with E-state index in [4.69, 9.17) is 4.43 Å². The zero-order valence-corrected chi connectivity index (χ0v) is 14.7. The highest BCUT2D eigenvalue weighted by Gasteiger charge is 2.36. The molecule has 0 aliphatic heterocycles. The fourth-order valence-corrected chi connectivity index (χ4v) is 2.82. The Labute approximate surface area is 119 Å². The molecule has 0 N–H and O–H groups in total. The number of rotatable bonds is 6. The first-order valence-corrected chi connectivity index (χ1v) is 10.3. The smallest absolute Gasteiger partial charge is 0.191 e. The molecule has 0 saturated heterocycles. The van der Waals surface area contributed by atoms with Crippen LogP contribution in [0.5, 0.6) is 0 Å². The lowest BCUT2D eigenvalue weighted by Crippen LogP contribution is -2.41. The van der Waals surface area contributed by atoms with Crippen molar-refractivity contribution in [2.24, 2.45) is 0 Å². The van der Waals surface area contributed by atoms with E-state index in [1.54, 1.807) is 0 Å². The van der Waals surface area contributed by atoms with Crippen molar-refractivity contribution >= 4 is 8.32 Å². The van der Waals surface area contributed by atoms with Crippen molar-refractivity contribution in [1.29, 1.82) is 0 Å². The van der Waals surface area contributed by atoms with Gasteiger partial charge in [-0.3, -0.25) is 4.68 Å². The highest BCUT2D eigenvalue weighted by molar-refractivity contribution is 6.74. The summed E-state index contributed by atoms with van der Waals surface area (Å²) in [6.07, 6.45) is 2.05. The van der Waals surface area contributed by atoms with Gasteiger partial charge in [0.25, 0.3) is 0 Å². The van der Waals surface area contributed by atoms with Gasteiger partial charge in [0.1, 0.15) is 0 Å². The van der Waals surface area contributed by atoms with Gasteiger partial charge in [-0.15, -0.1) is 0 Å². The fraction of sp³-hybridized carbons (Fsp3) is 0.800. The van der Waals surface area contributed by atoms with Gasteiger partial charge in [0.05, 0.1) is 5.69 Å². The molecule has 4 heteroatoms. The molecule has 0 unspecified atom stereocenters. The van der Waals surface area contributed by atoms with Gasteiger partial charge in [-0.1, -0.05) is 27.7 Å². The molecular formula is C15H30N2OSi. The minimum absolute atomic E-state index is 0.296. The average Bonchev–Trinajstić information content (AvgIpc) is 2.64. The molecule has 0 radical (unpaired) electrons. The van der Waals surface area contributed by atoms with Gasteiger partial charge in [0.15, 0.2) is 8.32 Å². The highest BCUT2D eigenvalue weighted by atomic mass is 28.4. The second-order valence-electron chi connectivity index (χ2n) is 6.82. The first-order valence-electron chi connectivity index (χ1n) is 7.34. The molecule has 0 fully saturated rings. The Morgan fingerprint density at radius 1 is 1.32 bits per heavy atom. The first-order chi connectivity index (χ1) is 8.67. The molecule has 0 spiro atoms. The molecule has 1 heterocycles. The summed E-state index contributed by atoms with van der Waals surface area (Å²) < 4.78 is 8.29. The van der Waals surface area contributed by atoms with E-state index in [9.17, 15) is 0 Å². The van der Waals surface area contributed by atoms with E-state index in [0.29, 0.717) is 5.04 Å². The lowest BCUT2D eigenvalue weighted by atomic mass is 10.2. The third-order valence-corrected chi connectivity index (χ3v) is 8.72. The van der Waals surface area contributed by atoms with Gasteiger partial charge in [-0.25, -0.2) is 0 Å². The van der Waals surface area contributed by atoms with Crippen LogP contribution in [0.25, 0.3) is 0 Å². The summed E-state index contributed by atoms with van der Waals surface area (Å²) in [7, 11) is -1.59. The Bertz CT molecular complexity index is 405. The maximum Gasteiger partial charge on any atom is 0.191 e. The Morgan fingerprint density at radius 3 is 2.42 bits per heavy atom. The Hall–Kier alpha value is -0.613. The summed E-state index contributed by atoms with van der Waals surface area (Å²) in [4.78, 5) is 0. The molecule has 0 bridgehead atoms. The van der Waals surface area contributed by atoms with Crippen LogP contribution in [0.15, 0.2) is 6.07 Å². The van der Waals surface area contributed by atoms with E-state index in [-0.39, 0.29) is 0 Å². The number of aromatic nitrogens is 2. The van der Waals surface area contributed by atoms with E-state index >= 15 is 0 Å². The molecule has 1 rings (SSSR count). The van der Waals surface area contributed by atoms with Crippen LogP contribution in [-0.2, 0) is 17.4 Å². The second-order valence-corrected chi connectivity index (χ2v) is 11.6. The Morgan fingerprint density at radius 2 is 1.95 bits per heavy atom. The summed E-state index contributed by atoms with van der Waals surface area (Å²) in [5.74, 6) is 0. The molecule has 0 saturated carbocycles. The fourth-order valence-electron chi connectivity index (χ4n) is 1.74. The van der Waals surface area contributed by atoms with Crippen molar-refractivity contribution in [3.05, 3.63) is 17.5 Å². The summed E-state index contributed by atoms with van der Waals surface area (Å²) in [5, 5.41) is 4.88. The van der Waals surface area contributed by atoms with Crippen molar-refractivity contribution in [1.82, 2.24) is 9.78 Å². The molecule has 0 aliphatic rings. The van der Waals surface area contributed by atoms with Crippen LogP contribution < -0.4 is 0 Å². The topological polar surface area (TPSA) is 27.1 Å². The van der Waals surface area contributed by atoms with Crippen LogP contribution >= 0.6 is 0 Å². The maximum atomic E-state index is 6.19. The highest BCUT2D eigenvalue weighted by Crippen LogP contribution is 2.36. The predicted molar refractivity (Wildman–Crippen MR) is 84.1 cm³/mol. The van der Waals surface area contributed by atoms with Crippen LogP contribution in [-0.4, -0.2) is 24.7 Å². The molecule has 0 aromatic carbocycles. The van der Waals surface area contributed by atoms with Crippen molar-refractivity contribution < 1.29 is 4.43 Å². The third kappa shape index (κ3) is 4.46. The molecule has 1 aromatic rings. The van der Waals surface area contributed by atoms with Gasteiger partial charge in [0, 0.05) is 18.8 Å². The van der Waals surface area contributed by atoms with Gasteiger partial charge in [-0.05, 0) is 44.0 Å². The van der Waals surface area contributed by atoms with E-state index in [1.807, 2.05) is 0 Å². The molecule has 1 aromatic heterocycles. The van der Waals surface area contributed by atoms with Crippen LogP contribution in [0, 0.1) is 6.92 Å². The van der Waals surface area contributed by atoms with Crippen LogP contribution in [0.2, 0.25) is 18.1 Å². The van der Waals surface area contributed by atoms with E-state index in [0.717, 1.165) is 26.0 Å². The Balaban J connectivity index is 2.41. The second kappa shape index (κ2) is 6.22. The maximum absolute atomic E-state index is 6.19. The van der Waals surface area contributed by atoms with Gasteiger partial charge >= 0.3 is 0 Å². The van der Waals surface area contributed by atoms with E-state index in [1.165, 1.54) is 11.4 Å². The number of nitrogens with zero attached hydrogens (tertiary/aromatic N) is 2. The summed E-state index contributed by atoms with van der Waals surface area (Å²) in [5.41, 5.74) is 2.44. The Kier molecular flexibility index (Phi) is 5.39. The lowest BCUT2D eigenvalue weighted by Gasteiger charge is -2.36. The van der Waals surface area contributed by atoms with Crippen LogP contribution in [0.4, 0.5) is 0 Å². The standard InChI is InChI=1S/C15H30N2OSi/c1-8-14-12-13(2)17(16-14)10-9-11-18-19(6,7)15(3,4)5/h12H,8-11H2,1-7H3. The predicted octanol–water partition coefficient (Wildman–Crippen LogP) is 4.17. The van der Waals surface area contributed by atoms with Gasteiger partial charge in [-0.2, -0.15) is 5.10 Å². The summed E-state index contributed by atoms with van der Waals surface area (Å²) in [6.45, 7) is 17.5. The normalized spacial score (nSPS) is 13.0. The average molecular weight is 283 g/mol. The first kappa shape index (κ1) is 16.4. The molecule has 0 amide bonds.